The number of nitrogens with zero attached hydrogens (tertiary/aromatic N) is 3. The summed E-state index contributed by atoms with van der Waals surface area (Å²) < 4.78 is 14.3. The van der Waals surface area contributed by atoms with Crippen molar-refractivity contribution in [1.82, 2.24) is 14.1 Å². The molecule has 0 saturated heterocycles. The quantitative estimate of drug-likeness (QED) is 0.186. The molecule has 0 fully saturated rings. The molecule has 7 nitrogen and oxygen atoms in total. The molecule has 0 aliphatic rings. The molecule has 0 aliphatic heterocycles. The predicted molar refractivity (Wildman–Crippen MR) is 139 cm³/mol. The number of thioether (sulfide) groups is 1. The molecule has 0 spiro atoms. The number of hydrogen-bond acceptors (Lipinski definition) is 6. The second kappa shape index (κ2) is 10.5. The van der Waals surface area contributed by atoms with Gasteiger partial charge in [0.1, 0.15) is 5.75 Å². The smallest absolute Gasteiger partial charge is 0.266 e. The number of rotatable bonds is 9. The van der Waals surface area contributed by atoms with Crippen LogP contribution in [-0.2, 0) is 4.74 Å². The van der Waals surface area contributed by atoms with Gasteiger partial charge in [0.2, 0.25) is 0 Å². The minimum absolute atomic E-state index is 0.0152. The number of ether oxygens (including phenoxy) is 2. The van der Waals surface area contributed by atoms with E-state index in [2.05, 4.69) is 11.5 Å². The van der Waals surface area contributed by atoms with Crippen molar-refractivity contribution >= 4 is 28.4 Å². The third kappa shape index (κ3) is 4.90. The second-order valence-electron chi connectivity index (χ2n) is 8.42. The van der Waals surface area contributed by atoms with E-state index < -0.39 is 0 Å². The Bertz CT molecular complexity index is 1440. The first-order chi connectivity index (χ1) is 16.8. The zero-order chi connectivity index (χ0) is 25.1. The van der Waals surface area contributed by atoms with Crippen molar-refractivity contribution < 1.29 is 14.3 Å². The molecular formula is C27H29N3O4S. The van der Waals surface area contributed by atoms with Gasteiger partial charge in [-0.05, 0) is 51.1 Å². The van der Waals surface area contributed by atoms with Crippen LogP contribution in [0.5, 0.6) is 5.75 Å². The normalized spacial score (nSPS) is 12.1. The van der Waals surface area contributed by atoms with E-state index in [1.165, 1.54) is 11.8 Å². The zero-order valence-corrected chi connectivity index (χ0v) is 21.4. The number of hydrogen-bond donors (Lipinski definition) is 0. The molecule has 8 heteroatoms. The number of methoxy groups -OCH3 is 2. The molecule has 4 aromatic rings. The van der Waals surface area contributed by atoms with Crippen molar-refractivity contribution in [1.29, 1.82) is 0 Å². The minimum atomic E-state index is -0.189. The van der Waals surface area contributed by atoms with Gasteiger partial charge in [-0.25, -0.2) is 4.98 Å². The van der Waals surface area contributed by atoms with Crippen molar-refractivity contribution in [3.63, 3.8) is 0 Å². The number of benzene rings is 2. The zero-order valence-electron chi connectivity index (χ0n) is 20.6. The third-order valence-corrected chi connectivity index (χ3v) is 6.96. The summed E-state index contributed by atoms with van der Waals surface area (Å²) in [5.74, 6) is 0.767. The van der Waals surface area contributed by atoms with Gasteiger partial charge in [-0.15, -0.1) is 0 Å². The van der Waals surface area contributed by atoms with Crippen molar-refractivity contribution in [3.05, 3.63) is 81.9 Å². The Morgan fingerprint density at radius 3 is 2.60 bits per heavy atom. The minimum Gasteiger partial charge on any atom is -0.497 e. The molecule has 35 heavy (non-hydrogen) atoms. The van der Waals surface area contributed by atoms with Gasteiger partial charge in [0.25, 0.3) is 5.56 Å². The number of ketones is 1. The molecule has 2 aromatic carbocycles. The fourth-order valence-electron chi connectivity index (χ4n) is 4.45. The van der Waals surface area contributed by atoms with E-state index in [1.54, 1.807) is 30.9 Å². The number of carbonyl (C=O) groups excluding carboxylic acids is 1. The van der Waals surface area contributed by atoms with Crippen molar-refractivity contribution in [3.8, 4) is 11.4 Å². The van der Waals surface area contributed by atoms with Gasteiger partial charge in [-0.3, -0.25) is 14.2 Å². The van der Waals surface area contributed by atoms with E-state index in [0.717, 1.165) is 11.4 Å². The summed E-state index contributed by atoms with van der Waals surface area (Å²) in [5, 5.41) is 0.971. The Kier molecular flexibility index (Phi) is 7.42. The van der Waals surface area contributed by atoms with Crippen LogP contribution in [0.15, 0.2) is 64.5 Å². The summed E-state index contributed by atoms with van der Waals surface area (Å²) >= 11 is 1.26. The number of Topliss-reactive ketones (excluding diaryl/α,β-unsaturated/α-hetero) is 1. The number of para-hydroxylation sites is 1. The molecule has 2 heterocycles. The molecule has 0 saturated carbocycles. The molecule has 0 amide bonds. The largest absolute Gasteiger partial charge is 0.497 e. The third-order valence-electron chi connectivity index (χ3n) is 6.02. The highest BCUT2D eigenvalue weighted by Crippen LogP contribution is 2.26. The predicted octanol–water partition coefficient (Wildman–Crippen LogP) is 5.00. The maximum absolute atomic E-state index is 13.5. The van der Waals surface area contributed by atoms with Gasteiger partial charge < -0.3 is 14.0 Å². The van der Waals surface area contributed by atoms with Crippen LogP contribution in [0.25, 0.3) is 16.6 Å². The van der Waals surface area contributed by atoms with Crippen LogP contribution in [0.1, 0.15) is 34.7 Å². The van der Waals surface area contributed by atoms with Crippen LogP contribution < -0.4 is 10.3 Å². The summed E-state index contributed by atoms with van der Waals surface area (Å²) in [4.78, 5) is 31.5. The molecule has 0 N–H and O–H groups in total. The van der Waals surface area contributed by atoms with E-state index >= 15 is 0 Å². The molecular weight excluding hydrogens is 462 g/mol. The Morgan fingerprint density at radius 1 is 1.09 bits per heavy atom. The SMILES string of the molecule is COCC(C)n1c(C)cc(C(=O)CSc2nc3ccccc3c(=O)n2-c2cccc(OC)c2)c1C. The van der Waals surface area contributed by atoms with Crippen molar-refractivity contribution in [2.45, 2.75) is 32.0 Å². The first kappa shape index (κ1) is 24.8. The molecule has 182 valence electrons. The van der Waals surface area contributed by atoms with Crippen LogP contribution in [0.4, 0.5) is 0 Å². The maximum Gasteiger partial charge on any atom is 0.266 e. The molecule has 1 atom stereocenters. The number of carbonyl (C=O) groups is 1. The van der Waals surface area contributed by atoms with Crippen molar-refractivity contribution in [2.24, 2.45) is 0 Å². The van der Waals surface area contributed by atoms with Crippen molar-refractivity contribution in [2.75, 3.05) is 26.6 Å². The average molecular weight is 492 g/mol. The summed E-state index contributed by atoms with van der Waals surface area (Å²) in [7, 11) is 3.25. The molecule has 2 aromatic heterocycles. The Labute approximate surface area is 208 Å². The highest BCUT2D eigenvalue weighted by atomic mass is 32.2. The number of aryl methyl sites for hydroxylation is 1. The first-order valence-corrected chi connectivity index (χ1v) is 12.3. The highest BCUT2D eigenvalue weighted by molar-refractivity contribution is 7.99. The summed E-state index contributed by atoms with van der Waals surface area (Å²) in [6.45, 7) is 6.58. The van der Waals surface area contributed by atoms with Gasteiger partial charge >= 0.3 is 0 Å². The average Bonchev–Trinajstić information content (AvgIpc) is 3.16. The summed E-state index contributed by atoms with van der Waals surface area (Å²) in [6, 6.07) is 16.5. The second-order valence-corrected chi connectivity index (χ2v) is 9.37. The van der Waals surface area contributed by atoms with Crippen LogP contribution in [0, 0.1) is 13.8 Å². The van der Waals surface area contributed by atoms with E-state index in [1.807, 2.05) is 56.3 Å². The Morgan fingerprint density at radius 2 is 1.86 bits per heavy atom. The number of fused-ring (bicyclic) bond motifs is 1. The van der Waals surface area contributed by atoms with Gasteiger partial charge in [-0.1, -0.05) is 30.0 Å². The molecule has 0 aliphatic carbocycles. The van der Waals surface area contributed by atoms with E-state index in [4.69, 9.17) is 14.5 Å². The molecule has 0 bridgehead atoms. The van der Waals surface area contributed by atoms with Crippen LogP contribution >= 0.6 is 11.8 Å². The van der Waals surface area contributed by atoms with Crippen LogP contribution in [-0.4, -0.2) is 46.5 Å². The molecule has 4 rings (SSSR count). The standard InChI is InChI=1S/C27H29N3O4S/c1-17-13-23(19(3)29(17)18(2)15-33-4)25(31)16-35-27-28-24-12-7-6-11-22(24)26(32)30(27)20-9-8-10-21(14-20)34-5/h6-14,18H,15-16H2,1-5H3. The van der Waals surface area contributed by atoms with Gasteiger partial charge in [-0.2, -0.15) is 0 Å². The Balaban J connectivity index is 1.71. The van der Waals surface area contributed by atoms with E-state index in [9.17, 15) is 9.59 Å². The monoisotopic (exact) mass is 491 g/mol. The first-order valence-electron chi connectivity index (χ1n) is 11.3. The van der Waals surface area contributed by atoms with Gasteiger partial charge in [0.15, 0.2) is 10.9 Å². The summed E-state index contributed by atoms with van der Waals surface area (Å²) in [6.07, 6.45) is 0. The highest BCUT2D eigenvalue weighted by Gasteiger charge is 2.21. The fraction of sp³-hybridized carbons (Fsp3) is 0.296. The topological polar surface area (TPSA) is 75.4 Å². The van der Waals surface area contributed by atoms with E-state index in [-0.39, 0.29) is 23.1 Å². The van der Waals surface area contributed by atoms with Gasteiger partial charge in [0, 0.05) is 30.1 Å². The van der Waals surface area contributed by atoms with Gasteiger partial charge in [0.05, 0.1) is 42.1 Å². The molecule has 0 radical (unpaired) electrons. The summed E-state index contributed by atoms with van der Waals surface area (Å²) in [5.41, 5.74) is 3.64. The lowest BCUT2D eigenvalue weighted by Gasteiger charge is -2.17. The van der Waals surface area contributed by atoms with Crippen LogP contribution in [0.3, 0.4) is 0 Å². The number of aromatic nitrogens is 3. The Hall–Kier alpha value is -3.36. The fourth-order valence-corrected chi connectivity index (χ4v) is 5.34. The lowest BCUT2D eigenvalue weighted by atomic mass is 10.2. The molecule has 1 unspecified atom stereocenters. The lowest BCUT2D eigenvalue weighted by molar-refractivity contribution is 0.102. The van der Waals surface area contributed by atoms with Crippen LogP contribution in [0.2, 0.25) is 0 Å². The maximum atomic E-state index is 13.5. The van der Waals surface area contributed by atoms with E-state index in [0.29, 0.717) is 39.7 Å². The lowest BCUT2D eigenvalue weighted by Crippen LogP contribution is -2.22.